The monoisotopic (exact) mass is 475 g/mol. The van der Waals surface area contributed by atoms with Crippen LogP contribution < -0.4 is 10.6 Å². The Kier molecular flexibility index (Phi) is 5.44. The predicted octanol–water partition coefficient (Wildman–Crippen LogP) is 6.69. The zero-order valence-corrected chi connectivity index (χ0v) is 18.0. The lowest BCUT2D eigenvalue weighted by molar-refractivity contribution is 1.09. The average Bonchev–Trinajstić information content (AvgIpc) is 3.07. The quantitative estimate of drug-likeness (QED) is 0.300. The van der Waals surface area contributed by atoms with Gasteiger partial charge in [-0.05, 0) is 64.8 Å². The van der Waals surface area contributed by atoms with E-state index in [0.717, 1.165) is 32.6 Å². The Balaban J connectivity index is 1.52. The van der Waals surface area contributed by atoms with Gasteiger partial charge >= 0.3 is 0 Å². The molecule has 0 aliphatic rings. The summed E-state index contributed by atoms with van der Waals surface area (Å²) in [5, 5.41) is 7.57. The van der Waals surface area contributed by atoms with E-state index in [1.54, 1.807) is 18.2 Å². The zero-order valence-electron chi connectivity index (χ0n) is 14.9. The third kappa shape index (κ3) is 4.09. The van der Waals surface area contributed by atoms with Gasteiger partial charge in [-0.2, -0.15) is 0 Å². The van der Waals surface area contributed by atoms with Crippen molar-refractivity contribution in [2.45, 2.75) is 13.5 Å². The van der Waals surface area contributed by atoms with Crippen LogP contribution in [0.15, 0.2) is 53.0 Å². The third-order valence-electron chi connectivity index (χ3n) is 4.25. The smallest absolute Gasteiger partial charge is 0.205 e. The molecule has 2 heterocycles. The van der Waals surface area contributed by atoms with Crippen molar-refractivity contribution in [1.82, 2.24) is 15.0 Å². The minimum Gasteiger partial charge on any atom is -0.366 e. The SMILES string of the molecule is Cc1nc(NCc2ccc3nc(Nc4c(Cl)cccc4Cl)[nH]c3c2)ccc1Br. The molecule has 5 nitrogen and oxygen atoms in total. The number of fused-ring (bicyclic) bond motifs is 1. The topological polar surface area (TPSA) is 65.6 Å². The van der Waals surface area contributed by atoms with E-state index in [1.807, 2.05) is 31.2 Å². The Labute approximate surface area is 180 Å². The van der Waals surface area contributed by atoms with Crippen molar-refractivity contribution in [1.29, 1.82) is 0 Å². The number of hydrogen-bond acceptors (Lipinski definition) is 4. The van der Waals surface area contributed by atoms with Crippen LogP contribution in [-0.4, -0.2) is 15.0 Å². The number of H-pyrrole nitrogens is 1. The number of anilines is 3. The Hall–Kier alpha value is -2.28. The van der Waals surface area contributed by atoms with Crippen molar-refractivity contribution in [3.8, 4) is 0 Å². The molecule has 142 valence electrons. The maximum absolute atomic E-state index is 6.22. The number of aryl methyl sites for hydroxylation is 1. The van der Waals surface area contributed by atoms with E-state index in [0.29, 0.717) is 28.2 Å². The van der Waals surface area contributed by atoms with Gasteiger partial charge in [-0.15, -0.1) is 0 Å². The summed E-state index contributed by atoms with van der Waals surface area (Å²) in [6.07, 6.45) is 0. The van der Waals surface area contributed by atoms with Crippen LogP contribution in [0.2, 0.25) is 10.0 Å². The second-order valence-electron chi connectivity index (χ2n) is 6.28. The first-order valence-electron chi connectivity index (χ1n) is 8.56. The number of rotatable bonds is 5. The fraction of sp³-hybridized carbons (Fsp3) is 0.100. The molecule has 28 heavy (non-hydrogen) atoms. The van der Waals surface area contributed by atoms with E-state index in [9.17, 15) is 0 Å². The molecule has 4 aromatic rings. The molecular formula is C20H16BrCl2N5. The molecule has 3 N–H and O–H groups in total. The van der Waals surface area contributed by atoms with E-state index in [1.165, 1.54) is 0 Å². The highest BCUT2D eigenvalue weighted by atomic mass is 79.9. The minimum atomic E-state index is 0.537. The zero-order chi connectivity index (χ0) is 19.7. The standard InChI is InChI=1S/C20H16BrCl2N5/c1-11-13(21)6-8-18(25-11)24-10-12-5-7-16-17(9-12)27-20(26-16)28-19-14(22)3-2-4-15(19)23/h2-9H,10H2,1H3,(H,24,25)(H2,26,27,28). The molecule has 2 aromatic carbocycles. The maximum Gasteiger partial charge on any atom is 0.205 e. The van der Waals surface area contributed by atoms with E-state index in [-0.39, 0.29) is 0 Å². The first kappa shape index (κ1) is 19.1. The molecular weight excluding hydrogens is 461 g/mol. The predicted molar refractivity (Wildman–Crippen MR) is 120 cm³/mol. The molecule has 2 aromatic heterocycles. The molecule has 0 saturated carbocycles. The first-order chi connectivity index (χ1) is 13.5. The first-order valence-corrected chi connectivity index (χ1v) is 10.1. The average molecular weight is 477 g/mol. The summed E-state index contributed by atoms with van der Waals surface area (Å²) in [6.45, 7) is 2.62. The third-order valence-corrected chi connectivity index (χ3v) is 5.72. The summed E-state index contributed by atoms with van der Waals surface area (Å²) in [5.41, 5.74) is 4.46. The fourth-order valence-electron chi connectivity index (χ4n) is 2.80. The van der Waals surface area contributed by atoms with Crippen molar-refractivity contribution in [3.63, 3.8) is 0 Å². The summed E-state index contributed by atoms with van der Waals surface area (Å²) >= 11 is 15.9. The van der Waals surface area contributed by atoms with E-state index in [2.05, 4.69) is 47.6 Å². The van der Waals surface area contributed by atoms with Gasteiger partial charge in [0.05, 0.1) is 32.5 Å². The van der Waals surface area contributed by atoms with Crippen molar-refractivity contribution >= 4 is 67.6 Å². The molecule has 0 fully saturated rings. The van der Waals surface area contributed by atoms with Crippen molar-refractivity contribution in [2.75, 3.05) is 10.6 Å². The van der Waals surface area contributed by atoms with Gasteiger partial charge < -0.3 is 15.6 Å². The molecule has 0 amide bonds. The lowest BCUT2D eigenvalue weighted by atomic mass is 10.2. The largest absolute Gasteiger partial charge is 0.366 e. The van der Waals surface area contributed by atoms with Crippen LogP contribution in [0.4, 0.5) is 17.5 Å². The molecule has 0 bridgehead atoms. The van der Waals surface area contributed by atoms with Gasteiger partial charge in [0, 0.05) is 11.0 Å². The second kappa shape index (κ2) is 7.99. The van der Waals surface area contributed by atoms with E-state index in [4.69, 9.17) is 23.2 Å². The van der Waals surface area contributed by atoms with Crippen LogP contribution >= 0.6 is 39.1 Å². The number of benzene rings is 2. The fourth-order valence-corrected chi connectivity index (χ4v) is 3.51. The second-order valence-corrected chi connectivity index (χ2v) is 7.94. The molecule has 0 saturated heterocycles. The molecule has 0 radical (unpaired) electrons. The molecule has 0 aliphatic heterocycles. The molecule has 0 atom stereocenters. The maximum atomic E-state index is 6.22. The normalized spacial score (nSPS) is 11.0. The molecule has 0 unspecified atom stereocenters. The number of hydrogen-bond donors (Lipinski definition) is 3. The van der Waals surface area contributed by atoms with Crippen LogP contribution in [0.5, 0.6) is 0 Å². The van der Waals surface area contributed by atoms with Crippen LogP contribution in [0.3, 0.4) is 0 Å². The summed E-state index contributed by atoms with van der Waals surface area (Å²) < 4.78 is 0.996. The Bertz CT molecular complexity index is 1140. The summed E-state index contributed by atoms with van der Waals surface area (Å²) in [7, 11) is 0. The van der Waals surface area contributed by atoms with Crippen molar-refractivity contribution in [2.24, 2.45) is 0 Å². The van der Waals surface area contributed by atoms with Gasteiger partial charge in [0.2, 0.25) is 5.95 Å². The number of pyridine rings is 1. The summed E-state index contributed by atoms with van der Waals surface area (Å²) in [5.74, 6) is 1.42. The highest BCUT2D eigenvalue weighted by Gasteiger charge is 2.09. The van der Waals surface area contributed by atoms with Gasteiger partial charge in [-0.3, -0.25) is 0 Å². The highest BCUT2D eigenvalue weighted by molar-refractivity contribution is 9.10. The Morgan fingerprint density at radius 2 is 1.82 bits per heavy atom. The number of imidazole rings is 1. The van der Waals surface area contributed by atoms with Gasteiger partial charge in [-0.25, -0.2) is 9.97 Å². The number of aromatic amines is 1. The van der Waals surface area contributed by atoms with Crippen molar-refractivity contribution < 1.29 is 0 Å². The van der Waals surface area contributed by atoms with E-state index < -0.39 is 0 Å². The highest BCUT2D eigenvalue weighted by Crippen LogP contribution is 2.32. The molecule has 0 spiro atoms. The van der Waals surface area contributed by atoms with E-state index >= 15 is 0 Å². The Morgan fingerprint density at radius 3 is 2.57 bits per heavy atom. The summed E-state index contributed by atoms with van der Waals surface area (Å²) in [4.78, 5) is 12.3. The lowest BCUT2D eigenvalue weighted by Gasteiger charge is -2.07. The Morgan fingerprint density at radius 1 is 1.04 bits per heavy atom. The number of halogens is 3. The van der Waals surface area contributed by atoms with Crippen LogP contribution in [0.25, 0.3) is 11.0 Å². The lowest BCUT2D eigenvalue weighted by Crippen LogP contribution is -2.02. The molecule has 8 heteroatoms. The minimum absolute atomic E-state index is 0.537. The number of aromatic nitrogens is 3. The van der Waals surface area contributed by atoms with Gasteiger partial charge in [-0.1, -0.05) is 35.3 Å². The summed E-state index contributed by atoms with van der Waals surface area (Å²) in [6, 6.07) is 15.4. The van der Waals surface area contributed by atoms with Crippen molar-refractivity contribution in [3.05, 3.63) is 74.3 Å². The van der Waals surface area contributed by atoms with Gasteiger partial charge in [0.1, 0.15) is 5.82 Å². The van der Waals surface area contributed by atoms with Crippen LogP contribution in [0.1, 0.15) is 11.3 Å². The molecule has 4 rings (SSSR count). The van der Waals surface area contributed by atoms with Gasteiger partial charge in [0.15, 0.2) is 0 Å². The number of nitrogens with zero attached hydrogens (tertiary/aromatic N) is 2. The van der Waals surface area contributed by atoms with Crippen LogP contribution in [0, 0.1) is 6.92 Å². The molecule has 0 aliphatic carbocycles. The van der Waals surface area contributed by atoms with Crippen LogP contribution in [-0.2, 0) is 6.54 Å². The number of para-hydroxylation sites is 1. The number of nitrogens with one attached hydrogen (secondary N) is 3. The van der Waals surface area contributed by atoms with Gasteiger partial charge in [0.25, 0.3) is 0 Å².